The van der Waals surface area contributed by atoms with Gasteiger partial charge in [0.1, 0.15) is 5.82 Å². The summed E-state index contributed by atoms with van der Waals surface area (Å²) in [5.41, 5.74) is 2.01. The van der Waals surface area contributed by atoms with Crippen LogP contribution in [0.25, 0.3) is 11.0 Å². The summed E-state index contributed by atoms with van der Waals surface area (Å²) < 4.78 is 2.12. The number of imidazole rings is 1. The molecule has 1 spiro atoms. The maximum atomic E-state index is 13.0. The number of fused-ring (bicyclic) bond motifs is 1. The molecular formula is C22H30N4O3. The molecule has 2 saturated heterocycles. The summed E-state index contributed by atoms with van der Waals surface area (Å²) in [4.78, 5) is 33.5. The quantitative estimate of drug-likeness (QED) is 0.835. The first kappa shape index (κ1) is 19.9. The maximum absolute atomic E-state index is 13.0. The lowest BCUT2D eigenvalue weighted by atomic mass is 9.73. The number of hydrogen-bond donors (Lipinski definition) is 1. The second kappa shape index (κ2) is 8.14. The minimum atomic E-state index is -0.0192. The molecule has 0 radical (unpaired) electrons. The van der Waals surface area contributed by atoms with Crippen LogP contribution in [0.1, 0.15) is 37.9 Å². The molecule has 2 fully saturated rings. The number of aliphatic hydroxyl groups is 1. The molecule has 3 heterocycles. The van der Waals surface area contributed by atoms with Crippen LogP contribution in [0.2, 0.25) is 0 Å². The molecule has 29 heavy (non-hydrogen) atoms. The monoisotopic (exact) mass is 398 g/mol. The van der Waals surface area contributed by atoms with E-state index < -0.39 is 0 Å². The van der Waals surface area contributed by atoms with E-state index in [9.17, 15) is 14.7 Å². The smallest absolute Gasteiger partial charge is 0.224 e. The molecule has 7 nitrogen and oxygen atoms in total. The predicted octanol–water partition coefficient (Wildman–Crippen LogP) is 1.96. The van der Waals surface area contributed by atoms with E-state index in [-0.39, 0.29) is 23.8 Å². The second-order valence-electron chi connectivity index (χ2n) is 8.51. The first-order valence-corrected chi connectivity index (χ1v) is 10.6. The lowest BCUT2D eigenvalue weighted by Gasteiger charge is -2.48. The van der Waals surface area contributed by atoms with Crippen molar-refractivity contribution in [3.8, 4) is 0 Å². The van der Waals surface area contributed by atoms with Crippen molar-refractivity contribution in [2.75, 3.05) is 32.8 Å². The number of aromatic nitrogens is 2. The Morgan fingerprint density at radius 3 is 2.86 bits per heavy atom. The number of aryl methyl sites for hydroxylation is 2. The van der Waals surface area contributed by atoms with Crippen LogP contribution in [-0.4, -0.2) is 69.1 Å². The third kappa shape index (κ3) is 4.01. The Morgan fingerprint density at radius 1 is 1.21 bits per heavy atom. The zero-order chi connectivity index (χ0) is 20.4. The molecule has 1 atom stereocenters. The number of rotatable bonds is 5. The van der Waals surface area contributed by atoms with Crippen molar-refractivity contribution in [1.29, 1.82) is 0 Å². The van der Waals surface area contributed by atoms with Gasteiger partial charge in [-0.1, -0.05) is 12.1 Å². The number of likely N-dealkylation sites (tertiary alicyclic amines) is 2. The summed E-state index contributed by atoms with van der Waals surface area (Å²) in [6.45, 7) is 5.15. The fourth-order valence-electron chi connectivity index (χ4n) is 5.02. The largest absolute Gasteiger partial charge is 0.395 e. The van der Waals surface area contributed by atoms with E-state index in [1.807, 2.05) is 36.1 Å². The molecule has 0 unspecified atom stereocenters. The Labute approximate surface area is 171 Å². The molecule has 1 aromatic carbocycles. The van der Waals surface area contributed by atoms with E-state index in [0.29, 0.717) is 39.0 Å². The number of aliphatic hydroxyl groups excluding tert-OH is 1. The van der Waals surface area contributed by atoms with Gasteiger partial charge in [0.15, 0.2) is 0 Å². The summed E-state index contributed by atoms with van der Waals surface area (Å²) in [5, 5.41) is 9.26. The highest BCUT2D eigenvalue weighted by atomic mass is 16.3. The van der Waals surface area contributed by atoms with Crippen LogP contribution in [0.3, 0.4) is 0 Å². The topological polar surface area (TPSA) is 78.7 Å². The van der Waals surface area contributed by atoms with Gasteiger partial charge in [-0.3, -0.25) is 9.59 Å². The first-order valence-electron chi connectivity index (χ1n) is 10.6. The second-order valence-corrected chi connectivity index (χ2v) is 8.51. The van der Waals surface area contributed by atoms with Crippen molar-refractivity contribution in [2.24, 2.45) is 5.41 Å². The molecule has 1 N–H and O–H groups in total. The van der Waals surface area contributed by atoms with Crippen molar-refractivity contribution >= 4 is 22.8 Å². The third-order valence-corrected chi connectivity index (χ3v) is 6.53. The molecule has 2 amide bonds. The van der Waals surface area contributed by atoms with Gasteiger partial charge in [0.2, 0.25) is 11.8 Å². The number of carbonyl (C=O) groups is 2. The average molecular weight is 399 g/mol. The Bertz CT molecular complexity index is 909. The highest BCUT2D eigenvalue weighted by Crippen LogP contribution is 2.39. The number of piperidine rings is 2. The number of carbonyl (C=O) groups excluding carboxylic acids is 2. The first-order chi connectivity index (χ1) is 14.0. The van der Waals surface area contributed by atoms with Gasteiger partial charge in [0.05, 0.1) is 17.6 Å². The molecule has 7 heteroatoms. The predicted molar refractivity (Wildman–Crippen MR) is 110 cm³/mol. The van der Waals surface area contributed by atoms with Gasteiger partial charge in [0, 0.05) is 51.0 Å². The van der Waals surface area contributed by atoms with Crippen LogP contribution in [0.4, 0.5) is 0 Å². The van der Waals surface area contributed by atoms with Gasteiger partial charge >= 0.3 is 0 Å². The number of nitrogens with zero attached hydrogens (tertiary/aromatic N) is 4. The number of benzene rings is 1. The highest BCUT2D eigenvalue weighted by molar-refractivity contribution is 5.79. The van der Waals surface area contributed by atoms with E-state index in [0.717, 1.165) is 42.7 Å². The van der Waals surface area contributed by atoms with E-state index >= 15 is 0 Å². The van der Waals surface area contributed by atoms with Crippen LogP contribution in [0.5, 0.6) is 0 Å². The van der Waals surface area contributed by atoms with Gasteiger partial charge in [-0.05, 0) is 38.3 Å². The molecule has 0 saturated carbocycles. The molecule has 1 aromatic heterocycles. The van der Waals surface area contributed by atoms with E-state index in [2.05, 4.69) is 9.55 Å². The average Bonchev–Trinajstić information content (AvgIpc) is 3.04. The molecule has 0 aliphatic carbocycles. The number of para-hydroxylation sites is 2. The highest BCUT2D eigenvalue weighted by Gasteiger charge is 2.42. The van der Waals surface area contributed by atoms with Crippen LogP contribution < -0.4 is 0 Å². The zero-order valence-electron chi connectivity index (χ0n) is 17.1. The Morgan fingerprint density at radius 2 is 2.03 bits per heavy atom. The van der Waals surface area contributed by atoms with Crippen LogP contribution in [0, 0.1) is 12.3 Å². The fraction of sp³-hybridized carbons (Fsp3) is 0.591. The normalized spacial score (nSPS) is 22.6. The number of β-amino-alcohol motifs (C(OH)–C–C–N with tert-alkyl or cyclic N) is 1. The van der Waals surface area contributed by atoms with Gasteiger partial charge in [-0.15, -0.1) is 0 Å². The van der Waals surface area contributed by atoms with Crippen molar-refractivity contribution in [3.05, 3.63) is 30.1 Å². The third-order valence-electron chi connectivity index (χ3n) is 6.53. The van der Waals surface area contributed by atoms with Crippen molar-refractivity contribution in [2.45, 2.75) is 45.6 Å². The van der Waals surface area contributed by atoms with Crippen molar-refractivity contribution in [3.63, 3.8) is 0 Å². The van der Waals surface area contributed by atoms with Crippen LogP contribution in [-0.2, 0) is 16.1 Å². The lowest BCUT2D eigenvalue weighted by Crippen LogP contribution is -2.55. The summed E-state index contributed by atoms with van der Waals surface area (Å²) in [5.74, 6) is 1.22. The van der Waals surface area contributed by atoms with Crippen LogP contribution in [0.15, 0.2) is 24.3 Å². The number of hydrogen-bond acceptors (Lipinski definition) is 4. The lowest BCUT2D eigenvalue weighted by molar-refractivity contribution is -0.143. The minimum Gasteiger partial charge on any atom is -0.395 e. The molecule has 4 rings (SSSR count). The molecule has 2 aliphatic heterocycles. The van der Waals surface area contributed by atoms with Gasteiger partial charge in [-0.25, -0.2) is 4.98 Å². The minimum absolute atomic E-state index is 0.0112. The Hall–Kier alpha value is -2.41. The molecule has 2 aliphatic rings. The summed E-state index contributed by atoms with van der Waals surface area (Å²) in [6, 6.07) is 8.02. The summed E-state index contributed by atoms with van der Waals surface area (Å²) >= 11 is 0. The molecule has 2 aromatic rings. The fourth-order valence-corrected chi connectivity index (χ4v) is 5.02. The Kier molecular flexibility index (Phi) is 5.58. The van der Waals surface area contributed by atoms with E-state index in [1.165, 1.54) is 0 Å². The van der Waals surface area contributed by atoms with E-state index in [4.69, 9.17) is 0 Å². The van der Waals surface area contributed by atoms with Gasteiger partial charge in [-0.2, -0.15) is 0 Å². The number of amides is 2. The van der Waals surface area contributed by atoms with E-state index in [1.54, 1.807) is 4.90 Å². The van der Waals surface area contributed by atoms with Gasteiger partial charge < -0.3 is 19.5 Å². The molecular weight excluding hydrogens is 368 g/mol. The van der Waals surface area contributed by atoms with Crippen LogP contribution >= 0.6 is 0 Å². The van der Waals surface area contributed by atoms with Gasteiger partial charge in [0.25, 0.3) is 0 Å². The Balaban J connectivity index is 1.41. The zero-order valence-corrected chi connectivity index (χ0v) is 17.1. The van der Waals surface area contributed by atoms with Crippen molar-refractivity contribution in [1.82, 2.24) is 19.4 Å². The maximum Gasteiger partial charge on any atom is 0.224 e. The standard InChI is InChI=1S/C22H30N4O3/c1-17-23-18-5-2-3-6-19(18)26(17)12-8-21(29)24-11-4-9-22(15-24)10-7-20(28)25(16-22)13-14-27/h2-3,5-6,27H,4,7-16H2,1H3/t22-/m0/s1. The molecule has 156 valence electrons. The summed E-state index contributed by atoms with van der Waals surface area (Å²) in [6.07, 6.45) is 3.82. The molecule has 0 bridgehead atoms. The summed E-state index contributed by atoms with van der Waals surface area (Å²) in [7, 11) is 0. The SMILES string of the molecule is Cc1nc2ccccc2n1CCC(=O)N1CCC[C@]2(CCC(=O)N(CCO)C2)C1. The van der Waals surface area contributed by atoms with Crippen molar-refractivity contribution < 1.29 is 14.7 Å².